The third-order valence-electron chi connectivity index (χ3n) is 4.32. The number of aromatic nitrogens is 3. The summed E-state index contributed by atoms with van der Waals surface area (Å²) in [6.07, 6.45) is 1.43. The Balaban J connectivity index is 1.60. The Labute approximate surface area is 159 Å². The fourth-order valence-electron chi connectivity index (χ4n) is 3.08. The van der Waals surface area contributed by atoms with Crippen molar-refractivity contribution in [1.29, 1.82) is 0 Å². The predicted molar refractivity (Wildman–Crippen MR) is 105 cm³/mol. The van der Waals surface area contributed by atoms with Crippen molar-refractivity contribution in [2.45, 2.75) is 13.5 Å². The van der Waals surface area contributed by atoms with E-state index in [1.165, 1.54) is 13.1 Å². The molecule has 2 heterocycles. The van der Waals surface area contributed by atoms with Crippen molar-refractivity contribution in [2.75, 3.05) is 5.32 Å². The van der Waals surface area contributed by atoms with Gasteiger partial charge in [0, 0.05) is 19.2 Å². The molecule has 28 heavy (non-hydrogen) atoms. The number of nitrogens with zero attached hydrogens (tertiary/aromatic N) is 2. The van der Waals surface area contributed by atoms with Gasteiger partial charge in [-0.3, -0.25) is 14.4 Å². The highest BCUT2D eigenvalue weighted by Crippen LogP contribution is 2.15. The first-order valence-electron chi connectivity index (χ1n) is 8.66. The van der Waals surface area contributed by atoms with Crippen LogP contribution in [0, 0.1) is 0 Å². The summed E-state index contributed by atoms with van der Waals surface area (Å²) in [6.45, 7) is 1.70. The molecule has 8 nitrogen and oxygen atoms in total. The van der Waals surface area contributed by atoms with E-state index in [2.05, 4.69) is 20.7 Å². The number of carbonyl (C=O) groups excluding carboxylic acids is 2. The van der Waals surface area contributed by atoms with Crippen LogP contribution in [0.4, 0.5) is 5.69 Å². The molecule has 2 aromatic carbocycles. The van der Waals surface area contributed by atoms with Crippen LogP contribution in [0.25, 0.3) is 16.6 Å². The summed E-state index contributed by atoms with van der Waals surface area (Å²) in [5, 5.41) is 10.3. The zero-order chi connectivity index (χ0) is 19.7. The Hall–Kier alpha value is -3.94. The van der Waals surface area contributed by atoms with Gasteiger partial charge in [-0.25, -0.2) is 4.52 Å². The van der Waals surface area contributed by atoms with E-state index in [1.54, 1.807) is 40.9 Å². The first-order valence-corrected chi connectivity index (χ1v) is 8.66. The summed E-state index contributed by atoms with van der Waals surface area (Å²) < 4.78 is 1.54. The number of H-pyrrole nitrogens is 1. The SMILES string of the molecule is CC(=O)Nc1cccc(CNC(=O)c2cnn3c2[nH]c(=O)c2ccccc23)c1. The van der Waals surface area contributed by atoms with Crippen LogP contribution in [-0.2, 0) is 11.3 Å². The van der Waals surface area contributed by atoms with Crippen LogP contribution >= 0.6 is 0 Å². The number of aromatic amines is 1. The first-order chi connectivity index (χ1) is 13.5. The number of benzene rings is 2. The lowest BCUT2D eigenvalue weighted by Crippen LogP contribution is -2.23. The highest BCUT2D eigenvalue weighted by atomic mass is 16.2. The molecule has 0 fully saturated rings. The zero-order valence-corrected chi connectivity index (χ0v) is 15.0. The van der Waals surface area contributed by atoms with Crippen LogP contribution in [-0.4, -0.2) is 26.4 Å². The van der Waals surface area contributed by atoms with Crippen molar-refractivity contribution in [3.8, 4) is 0 Å². The molecule has 0 aliphatic rings. The average Bonchev–Trinajstić information content (AvgIpc) is 3.10. The van der Waals surface area contributed by atoms with Crippen LogP contribution in [0.2, 0.25) is 0 Å². The molecule has 0 aliphatic heterocycles. The number of para-hydroxylation sites is 1. The van der Waals surface area contributed by atoms with Gasteiger partial charge in [0.15, 0.2) is 0 Å². The molecule has 0 saturated heterocycles. The largest absolute Gasteiger partial charge is 0.348 e. The average molecular weight is 375 g/mol. The number of nitrogens with one attached hydrogen (secondary N) is 3. The molecule has 0 radical (unpaired) electrons. The third kappa shape index (κ3) is 3.23. The summed E-state index contributed by atoms with van der Waals surface area (Å²) in [5.74, 6) is -0.519. The molecule has 0 saturated carbocycles. The minimum Gasteiger partial charge on any atom is -0.348 e. The number of carbonyl (C=O) groups is 2. The van der Waals surface area contributed by atoms with E-state index in [4.69, 9.17) is 0 Å². The lowest BCUT2D eigenvalue weighted by molar-refractivity contribution is -0.114. The lowest BCUT2D eigenvalue weighted by atomic mass is 10.2. The van der Waals surface area contributed by atoms with E-state index in [-0.39, 0.29) is 29.5 Å². The van der Waals surface area contributed by atoms with Gasteiger partial charge in [0.05, 0.1) is 17.1 Å². The topological polar surface area (TPSA) is 108 Å². The molecule has 0 atom stereocenters. The van der Waals surface area contributed by atoms with E-state index in [9.17, 15) is 14.4 Å². The fraction of sp³-hybridized carbons (Fsp3) is 0.100. The van der Waals surface area contributed by atoms with Gasteiger partial charge in [0.25, 0.3) is 11.5 Å². The zero-order valence-electron chi connectivity index (χ0n) is 15.0. The predicted octanol–water partition coefficient (Wildman–Crippen LogP) is 2.06. The van der Waals surface area contributed by atoms with Gasteiger partial charge in [-0.2, -0.15) is 5.10 Å². The van der Waals surface area contributed by atoms with E-state index in [1.807, 2.05) is 12.1 Å². The molecule has 2 amide bonds. The quantitative estimate of drug-likeness (QED) is 0.507. The number of anilines is 1. The second-order valence-electron chi connectivity index (χ2n) is 6.35. The molecule has 0 unspecified atom stereocenters. The number of hydrogen-bond donors (Lipinski definition) is 3. The van der Waals surface area contributed by atoms with Crippen molar-refractivity contribution in [3.63, 3.8) is 0 Å². The van der Waals surface area contributed by atoms with Crippen LogP contribution in [0.3, 0.4) is 0 Å². The standard InChI is InChI=1S/C20H17N5O3/c1-12(26)23-14-6-4-5-13(9-14)10-21-19(27)16-11-22-25-17-8-3-2-7-15(17)20(28)24-18(16)25/h2-9,11H,10H2,1H3,(H,21,27)(H,23,26)(H,24,28). The molecular weight excluding hydrogens is 358 g/mol. The molecule has 140 valence electrons. The Morgan fingerprint density at radius 1 is 1.14 bits per heavy atom. The van der Waals surface area contributed by atoms with Crippen molar-refractivity contribution >= 4 is 34.1 Å². The van der Waals surface area contributed by atoms with Crippen molar-refractivity contribution < 1.29 is 9.59 Å². The summed E-state index contributed by atoms with van der Waals surface area (Å²) in [7, 11) is 0. The van der Waals surface area contributed by atoms with Crippen molar-refractivity contribution in [2.24, 2.45) is 0 Å². The third-order valence-corrected chi connectivity index (χ3v) is 4.32. The Kier molecular flexibility index (Phi) is 4.36. The highest BCUT2D eigenvalue weighted by molar-refractivity contribution is 6.00. The second kappa shape index (κ2) is 6.99. The van der Waals surface area contributed by atoms with E-state index in [0.29, 0.717) is 22.2 Å². The Morgan fingerprint density at radius 3 is 2.79 bits per heavy atom. The summed E-state index contributed by atoms with van der Waals surface area (Å²) in [5.41, 5.74) is 2.46. The highest BCUT2D eigenvalue weighted by Gasteiger charge is 2.16. The van der Waals surface area contributed by atoms with Crippen LogP contribution < -0.4 is 16.2 Å². The fourth-order valence-corrected chi connectivity index (χ4v) is 3.08. The molecule has 0 aliphatic carbocycles. The van der Waals surface area contributed by atoms with Crippen molar-refractivity contribution in [3.05, 3.63) is 76.2 Å². The summed E-state index contributed by atoms with van der Waals surface area (Å²) in [6, 6.07) is 14.3. The van der Waals surface area contributed by atoms with E-state index >= 15 is 0 Å². The number of amides is 2. The van der Waals surface area contributed by atoms with Crippen molar-refractivity contribution in [1.82, 2.24) is 19.9 Å². The Morgan fingerprint density at radius 2 is 1.96 bits per heavy atom. The van der Waals surface area contributed by atoms with Gasteiger partial charge in [-0.1, -0.05) is 24.3 Å². The van der Waals surface area contributed by atoms with Crippen LogP contribution in [0.15, 0.2) is 59.5 Å². The molecule has 0 spiro atoms. The molecular formula is C20H17N5O3. The minimum absolute atomic E-state index is 0.163. The van der Waals surface area contributed by atoms with E-state index in [0.717, 1.165) is 5.56 Å². The molecule has 4 aromatic rings. The maximum absolute atomic E-state index is 12.6. The van der Waals surface area contributed by atoms with Gasteiger partial charge in [-0.15, -0.1) is 0 Å². The van der Waals surface area contributed by atoms with Gasteiger partial charge in [0.2, 0.25) is 5.91 Å². The lowest BCUT2D eigenvalue weighted by Gasteiger charge is -2.07. The smallest absolute Gasteiger partial charge is 0.259 e. The summed E-state index contributed by atoms with van der Waals surface area (Å²) in [4.78, 5) is 38.9. The molecule has 2 aromatic heterocycles. The molecule has 3 N–H and O–H groups in total. The van der Waals surface area contributed by atoms with E-state index < -0.39 is 0 Å². The summed E-state index contributed by atoms with van der Waals surface area (Å²) >= 11 is 0. The maximum atomic E-state index is 12.6. The molecule has 8 heteroatoms. The van der Waals surface area contributed by atoms with Crippen LogP contribution in [0.1, 0.15) is 22.8 Å². The van der Waals surface area contributed by atoms with Gasteiger partial charge >= 0.3 is 0 Å². The first kappa shape index (κ1) is 17.5. The number of hydrogen-bond acceptors (Lipinski definition) is 4. The minimum atomic E-state index is -0.356. The maximum Gasteiger partial charge on any atom is 0.259 e. The molecule has 4 rings (SSSR count). The van der Waals surface area contributed by atoms with Gasteiger partial charge in [0.1, 0.15) is 11.2 Å². The Bertz CT molecular complexity index is 1270. The second-order valence-corrected chi connectivity index (χ2v) is 6.35. The number of fused-ring (bicyclic) bond motifs is 3. The normalized spacial score (nSPS) is 10.9. The molecule has 0 bridgehead atoms. The number of rotatable bonds is 4. The van der Waals surface area contributed by atoms with Gasteiger partial charge in [-0.05, 0) is 29.8 Å². The van der Waals surface area contributed by atoms with Gasteiger partial charge < -0.3 is 15.6 Å². The monoisotopic (exact) mass is 375 g/mol. The van der Waals surface area contributed by atoms with Crippen LogP contribution in [0.5, 0.6) is 0 Å².